The number of carbonyl (C=O) groups is 3. The summed E-state index contributed by atoms with van der Waals surface area (Å²) in [5.41, 5.74) is 1.73. The van der Waals surface area contributed by atoms with Crippen molar-refractivity contribution in [3.63, 3.8) is 0 Å². The van der Waals surface area contributed by atoms with E-state index >= 15 is 0 Å². The second kappa shape index (κ2) is 9.26. The Bertz CT molecular complexity index is 1010. The van der Waals surface area contributed by atoms with Crippen LogP contribution in [0.25, 0.3) is 6.08 Å². The highest BCUT2D eigenvalue weighted by molar-refractivity contribution is 6.39. The SMILES string of the molecule is CCCOc1ccc(/C=C2/C(=O)NC(=O)N(c3ccccc3CC)C2=O)cc1OC. The molecule has 0 aromatic heterocycles. The highest BCUT2D eigenvalue weighted by Crippen LogP contribution is 2.30. The number of hydrogen-bond acceptors (Lipinski definition) is 5. The quantitative estimate of drug-likeness (QED) is 0.558. The number of amides is 4. The van der Waals surface area contributed by atoms with E-state index < -0.39 is 17.8 Å². The maximum Gasteiger partial charge on any atom is 0.335 e. The van der Waals surface area contributed by atoms with Gasteiger partial charge in [-0.2, -0.15) is 0 Å². The zero-order chi connectivity index (χ0) is 21.7. The molecule has 0 spiro atoms. The third-order valence-corrected chi connectivity index (χ3v) is 4.68. The van der Waals surface area contributed by atoms with Crippen molar-refractivity contribution in [2.75, 3.05) is 18.6 Å². The van der Waals surface area contributed by atoms with Gasteiger partial charge in [0.2, 0.25) is 0 Å². The van der Waals surface area contributed by atoms with Crippen molar-refractivity contribution in [3.05, 3.63) is 59.2 Å². The number of ether oxygens (including phenoxy) is 2. The summed E-state index contributed by atoms with van der Waals surface area (Å²) in [6, 6.07) is 11.5. The topological polar surface area (TPSA) is 84.9 Å². The summed E-state index contributed by atoms with van der Waals surface area (Å²) in [7, 11) is 1.52. The summed E-state index contributed by atoms with van der Waals surface area (Å²) < 4.78 is 11.0. The van der Waals surface area contributed by atoms with Gasteiger partial charge in [0, 0.05) is 0 Å². The van der Waals surface area contributed by atoms with Crippen LogP contribution in [0.2, 0.25) is 0 Å². The van der Waals surface area contributed by atoms with E-state index in [0.29, 0.717) is 35.8 Å². The van der Waals surface area contributed by atoms with Gasteiger partial charge in [-0.25, -0.2) is 9.69 Å². The van der Waals surface area contributed by atoms with E-state index in [1.165, 1.54) is 13.2 Å². The number of imide groups is 2. The summed E-state index contributed by atoms with van der Waals surface area (Å²) in [5, 5.41) is 2.25. The molecule has 1 aliphatic rings. The highest BCUT2D eigenvalue weighted by atomic mass is 16.5. The Morgan fingerprint density at radius 3 is 2.50 bits per heavy atom. The maximum atomic E-state index is 13.1. The molecule has 0 atom stereocenters. The summed E-state index contributed by atoms with van der Waals surface area (Å²) in [6.45, 7) is 4.48. The predicted octanol–water partition coefficient (Wildman–Crippen LogP) is 3.71. The number of para-hydroxylation sites is 1. The number of barbiturate groups is 1. The Labute approximate surface area is 175 Å². The minimum atomic E-state index is -0.760. The number of hydrogen-bond donors (Lipinski definition) is 1. The molecule has 0 unspecified atom stereocenters. The standard InChI is InChI=1S/C23H24N2O5/c1-4-12-30-19-11-10-15(14-20(19)29-3)13-17-21(26)24-23(28)25(22(17)27)18-9-7-6-8-16(18)5-2/h6-11,13-14H,4-5,12H2,1-3H3,(H,24,26,28)/b17-13-. The number of nitrogens with zero attached hydrogens (tertiary/aromatic N) is 1. The smallest absolute Gasteiger partial charge is 0.335 e. The summed E-state index contributed by atoms with van der Waals surface area (Å²) in [5.74, 6) is -0.337. The molecule has 2 aromatic rings. The van der Waals surface area contributed by atoms with Gasteiger partial charge in [-0.1, -0.05) is 38.1 Å². The van der Waals surface area contributed by atoms with E-state index in [2.05, 4.69) is 5.32 Å². The third kappa shape index (κ3) is 4.20. The van der Waals surface area contributed by atoms with Crippen molar-refractivity contribution < 1.29 is 23.9 Å². The molecule has 3 rings (SSSR count). The first-order valence-corrected chi connectivity index (χ1v) is 9.80. The number of benzene rings is 2. The van der Waals surface area contributed by atoms with E-state index in [-0.39, 0.29) is 5.57 Å². The van der Waals surface area contributed by atoms with E-state index in [1.807, 2.05) is 26.0 Å². The van der Waals surface area contributed by atoms with Gasteiger partial charge in [-0.3, -0.25) is 14.9 Å². The molecule has 156 valence electrons. The molecule has 30 heavy (non-hydrogen) atoms. The summed E-state index contributed by atoms with van der Waals surface area (Å²) in [6.07, 6.45) is 2.93. The fourth-order valence-corrected chi connectivity index (χ4v) is 3.18. The molecular weight excluding hydrogens is 384 g/mol. The van der Waals surface area contributed by atoms with E-state index in [9.17, 15) is 14.4 Å². The Kier molecular flexibility index (Phi) is 6.51. The molecule has 0 aliphatic carbocycles. The Morgan fingerprint density at radius 1 is 1.03 bits per heavy atom. The van der Waals surface area contributed by atoms with Gasteiger partial charge in [0.05, 0.1) is 19.4 Å². The van der Waals surface area contributed by atoms with Crippen LogP contribution in [0.3, 0.4) is 0 Å². The van der Waals surface area contributed by atoms with Crippen molar-refractivity contribution in [3.8, 4) is 11.5 Å². The lowest BCUT2D eigenvalue weighted by Crippen LogP contribution is -2.54. The maximum absolute atomic E-state index is 13.1. The van der Waals surface area contributed by atoms with E-state index in [0.717, 1.165) is 16.9 Å². The first kappa shape index (κ1) is 21.1. The monoisotopic (exact) mass is 408 g/mol. The minimum Gasteiger partial charge on any atom is -0.493 e. The molecule has 1 fully saturated rings. The van der Waals surface area contributed by atoms with Crippen molar-refractivity contribution in [1.29, 1.82) is 0 Å². The fraction of sp³-hybridized carbons (Fsp3) is 0.261. The van der Waals surface area contributed by atoms with Crippen LogP contribution in [0.1, 0.15) is 31.4 Å². The molecule has 7 nitrogen and oxygen atoms in total. The Morgan fingerprint density at radius 2 is 1.80 bits per heavy atom. The molecule has 0 radical (unpaired) electrons. The number of nitrogens with one attached hydrogen (secondary N) is 1. The van der Waals surface area contributed by atoms with E-state index in [4.69, 9.17) is 9.47 Å². The number of anilines is 1. The zero-order valence-electron chi connectivity index (χ0n) is 17.2. The summed E-state index contributed by atoms with van der Waals surface area (Å²) in [4.78, 5) is 39.0. The minimum absolute atomic E-state index is 0.134. The normalized spacial score (nSPS) is 15.4. The Balaban J connectivity index is 1.98. The van der Waals surface area contributed by atoms with Crippen LogP contribution in [0.15, 0.2) is 48.0 Å². The molecule has 1 aliphatic heterocycles. The first-order chi connectivity index (χ1) is 14.5. The molecule has 0 bridgehead atoms. The number of urea groups is 1. The molecule has 7 heteroatoms. The molecule has 1 heterocycles. The number of aryl methyl sites for hydroxylation is 1. The largest absolute Gasteiger partial charge is 0.493 e. The van der Waals surface area contributed by atoms with Crippen molar-refractivity contribution >= 4 is 29.6 Å². The highest BCUT2D eigenvalue weighted by Gasteiger charge is 2.37. The van der Waals surface area contributed by atoms with Crippen molar-refractivity contribution in [2.24, 2.45) is 0 Å². The van der Waals surface area contributed by atoms with Gasteiger partial charge in [-0.05, 0) is 48.2 Å². The zero-order valence-corrected chi connectivity index (χ0v) is 17.2. The van der Waals surface area contributed by atoms with Crippen LogP contribution in [-0.2, 0) is 16.0 Å². The van der Waals surface area contributed by atoms with Gasteiger partial charge in [0.1, 0.15) is 5.57 Å². The lowest BCUT2D eigenvalue weighted by molar-refractivity contribution is -0.122. The van der Waals surface area contributed by atoms with Crippen LogP contribution in [-0.4, -0.2) is 31.6 Å². The first-order valence-electron chi connectivity index (χ1n) is 9.80. The number of rotatable bonds is 7. The Hall–Kier alpha value is -3.61. The third-order valence-electron chi connectivity index (χ3n) is 4.68. The fourth-order valence-electron chi connectivity index (χ4n) is 3.18. The van der Waals surface area contributed by atoms with Crippen molar-refractivity contribution in [2.45, 2.75) is 26.7 Å². The molecule has 4 amide bonds. The molecule has 0 saturated carbocycles. The van der Waals surface area contributed by atoms with Crippen LogP contribution in [0.4, 0.5) is 10.5 Å². The van der Waals surface area contributed by atoms with Crippen LogP contribution in [0, 0.1) is 0 Å². The lowest BCUT2D eigenvalue weighted by Gasteiger charge is -2.28. The molecular formula is C23H24N2O5. The van der Waals surface area contributed by atoms with E-state index in [1.54, 1.807) is 30.3 Å². The number of carbonyl (C=O) groups excluding carboxylic acids is 3. The van der Waals surface area contributed by atoms with Gasteiger partial charge in [-0.15, -0.1) is 0 Å². The second-order valence-electron chi connectivity index (χ2n) is 6.70. The predicted molar refractivity (Wildman–Crippen MR) is 114 cm³/mol. The summed E-state index contributed by atoms with van der Waals surface area (Å²) >= 11 is 0. The van der Waals surface area contributed by atoms with Gasteiger partial charge in [0.25, 0.3) is 11.8 Å². The van der Waals surface area contributed by atoms with Crippen LogP contribution in [0.5, 0.6) is 11.5 Å². The average molecular weight is 408 g/mol. The van der Waals surface area contributed by atoms with Crippen LogP contribution < -0.4 is 19.7 Å². The number of methoxy groups -OCH3 is 1. The van der Waals surface area contributed by atoms with Gasteiger partial charge in [0.15, 0.2) is 11.5 Å². The van der Waals surface area contributed by atoms with Gasteiger partial charge < -0.3 is 9.47 Å². The van der Waals surface area contributed by atoms with Crippen LogP contribution >= 0.6 is 0 Å². The average Bonchev–Trinajstić information content (AvgIpc) is 2.75. The molecule has 2 aromatic carbocycles. The van der Waals surface area contributed by atoms with Crippen molar-refractivity contribution in [1.82, 2.24) is 5.32 Å². The molecule has 1 N–H and O–H groups in total. The molecule has 1 saturated heterocycles. The van der Waals surface area contributed by atoms with Gasteiger partial charge >= 0.3 is 6.03 Å². The second-order valence-corrected chi connectivity index (χ2v) is 6.70. The lowest BCUT2D eigenvalue weighted by atomic mass is 10.0.